The van der Waals surface area contributed by atoms with Crippen LogP contribution in [0.15, 0.2) is 0 Å². The summed E-state index contributed by atoms with van der Waals surface area (Å²) in [5.41, 5.74) is 0. The molecule has 5 atom stereocenters. The number of phosphoric ester groups is 2. The fourth-order valence-electron chi connectivity index (χ4n) is 14.0. The van der Waals surface area contributed by atoms with E-state index >= 15 is 0 Å². The van der Waals surface area contributed by atoms with Crippen molar-refractivity contribution >= 4 is 39.5 Å². The number of unbranched alkanes of at least 4 members (excludes halogenated alkanes) is 61. The molecule has 0 aromatic heterocycles. The van der Waals surface area contributed by atoms with Crippen LogP contribution in [0.5, 0.6) is 0 Å². The molecular formula is C89H174O17P2. The Balaban J connectivity index is 5.22. The standard InChI is InChI=1S/C89H174O17P2/c1-6-9-12-15-18-21-24-26-28-30-32-34-36-40-44-48-53-58-63-68-73-87(92)100-79-85(106-89(94)74-69-64-59-54-49-45-41-37-35-33-31-29-27-25-22-19-16-13-10-7-2)81-104-108(97,98)102-77-83(90)76-101-107(95,96)103-80-84(78-99-86(91)72-67-62-57-52-23-20-17-14-11-8-3)105-88(93)75-70-65-60-55-50-46-42-38-39-43-47-51-56-61-66-71-82(4)5/h82-85,90H,6-81H2,1-5H3,(H,95,96)(H,97,98)/t83-,84+,85+/m0/s1. The lowest BCUT2D eigenvalue weighted by molar-refractivity contribution is -0.161. The first-order valence-corrected chi connectivity index (χ1v) is 49.1. The maximum atomic E-state index is 13.2. The summed E-state index contributed by atoms with van der Waals surface area (Å²) in [4.78, 5) is 73.3. The smallest absolute Gasteiger partial charge is 0.462 e. The van der Waals surface area contributed by atoms with Crippen LogP contribution in [0.2, 0.25) is 0 Å². The zero-order chi connectivity index (χ0) is 79.0. The van der Waals surface area contributed by atoms with Crippen LogP contribution in [0.25, 0.3) is 0 Å². The van der Waals surface area contributed by atoms with Gasteiger partial charge in [-0.2, -0.15) is 0 Å². The van der Waals surface area contributed by atoms with Crippen molar-refractivity contribution in [2.75, 3.05) is 39.6 Å². The first-order chi connectivity index (χ1) is 52.5. The molecule has 17 nitrogen and oxygen atoms in total. The molecule has 0 aliphatic rings. The van der Waals surface area contributed by atoms with E-state index in [1.165, 1.54) is 308 Å². The second-order valence-electron chi connectivity index (χ2n) is 32.5. The van der Waals surface area contributed by atoms with E-state index in [-0.39, 0.29) is 25.7 Å². The van der Waals surface area contributed by atoms with Crippen molar-refractivity contribution in [3.8, 4) is 0 Å². The molecule has 642 valence electrons. The normalized spacial score (nSPS) is 13.7. The summed E-state index contributed by atoms with van der Waals surface area (Å²) in [6.07, 6.45) is 76.5. The number of esters is 4. The Labute approximate surface area is 664 Å². The quantitative estimate of drug-likeness (QED) is 0.0222. The molecule has 0 saturated carbocycles. The number of rotatable bonds is 89. The minimum Gasteiger partial charge on any atom is -0.462 e. The number of aliphatic hydroxyl groups excluding tert-OH is 1. The highest BCUT2D eigenvalue weighted by Crippen LogP contribution is 2.45. The first kappa shape index (κ1) is 106. The average molecular weight is 1580 g/mol. The highest BCUT2D eigenvalue weighted by molar-refractivity contribution is 7.47. The molecule has 0 saturated heterocycles. The number of phosphoric acid groups is 2. The number of ether oxygens (including phenoxy) is 4. The van der Waals surface area contributed by atoms with Gasteiger partial charge in [0.25, 0.3) is 0 Å². The fourth-order valence-corrected chi connectivity index (χ4v) is 15.6. The second kappa shape index (κ2) is 81.6. The zero-order valence-electron chi connectivity index (χ0n) is 71.0. The molecule has 108 heavy (non-hydrogen) atoms. The minimum absolute atomic E-state index is 0.108. The third-order valence-electron chi connectivity index (χ3n) is 21.0. The van der Waals surface area contributed by atoms with Gasteiger partial charge in [-0.15, -0.1) is 0 Å². The van der Waals surface area contributed by atoms with Crippen molar-refractivity contribution in [3.63, 3.8) is 0 Å². The van der Waals surface area contributed by atoms with Crippen LogP contribution < -0.4 is 0 Å². The molecule has 0 aromatic rings. The van der Waals surface area contributed by atoms with Gasteiger partial charge in [0.05, 0.1) is 26.4 Å². The molecule has 0 heterocycles. The number of hydrogen-bond acceptors (Lipinski definition) is 15. The molecule has 0 aromatic carbocycles. The third kappa shape index (κ3) is 82.1. The Bertz CT molecular complexity index is 2050. The molecule has 19 heteroatoms. The summed E-state index contributed by atoms with van der Waals surface area (Å²) in [6, 6.07) is 0. The van der Waals surface area contributed by atoms with E-state index in [1.807, 2.05) is 0 Å². The van der Waals surface area contributed by atoms with Crippen molar-refractivity contribution < 1.29 is 80.2 Å². The Morgan fingerprint density at radius 2 is 0.426 bits per heavy atom. The summed E-state index contributed by atoms with van der Waals surface area (Å²) in [7, 11) is -9.93. The number of carbonyl (C=O) groups excluding carboxylic acids is 4. The van der Waals surface area contributed by atoms with Gasteiger partial charge in [-0.05, 0) is 31.6 Å². The van der Waals surface area contributed by atoms with Crippen LogP contribution in [0.3, 0.4) is 0 Å². The van der Waals surface area contributed by atoms with Gasteiger partial charge >= 0.3 is 39.5 Å². The van der Waals surface area contributed by atoms with Crippen molar-refractivity contribution in [1.29, 1.82) is 0 Å². The predicted octanol–water partition coefficient (Wildman–Crippen LogP) is 27.5. The topological polar surface area (TPSA) is 237 Å². The van der Waals surface area contributed by atoms with Gasteiger partial charge in [0.15, 0.2) is 12.2 Å². The lowest BCUT2D eigenvalue weighted by Gasteiger charge is -2.21. The van der Waals surface area contributed by atoms with Gasteiger partial charge in [0.2, 0.25) is 0 Å². The summed E-state index contributed by atoms with van der Waals surface area (Å²) in [5, 5.41) is 10.7. The molecule has 3 N–H and O–H groups in total. The number of hydrogen-bond donors (Lipinski definition) is 3. The summed E-state index contributed by atoms with van der Waals surface area (Å²) < 4.78 is 69.0. The molecule has 0 aliphatic carbocycles. The monoisotopic (exact) mass is 1580 g/mol. The Morgan fingerprint density at radius 3 is 0.630 bits per heavy atom. The second-order valence-corrected chi connectivity index (χ2v) is 35.4. The van der Waals surface area contributed by atoms with Crippen molar-refractivity contribution in [2.24, 2.45) is 5.92 Å². The Morgan fingerprint density at radius 1 is 0.250 bits per heavy atom. The van der Waals surface area contributed by atoms with Crippen molar-refractivity contribution in [2.45, 2.75) is 502 Å². The third-order valence-corrected chi connectivity index (χ3v) is 22.9. The van der Waals surface area contributed by atoms with E-state index in [0.29, 0.717) is 25.7 Å². The highest BCUT2D eigenvalue weighted by atomic mass is 31.2. The van der Waals surface area contributed by atoms with Crippen molar-refractivity contribution in [3.05, 3.63) is 0 Å². The van der Waals surface area contributed by atoms with Gasteiger partial charge in [-0.25, -0.2) is 9.13 Å². The molecule has 0 aliphatic heterocycles. The summed E-state index contributed by atoms with van der Waals surface area (Å²) in [5.74, 6) is -1.29. The van der Waals surface area contributed by atoms with Crippen LogP contribution in [-0.4, -0.2) is 96.7 Å². The van der Waals surface area contributed by atoms with Gasteiger partial charge in [-0.1, -0.05) is 433 Å². The Hall–Kier alpha value is -1.94. The molecule has 0 bridgehead atoms. The van der Waals surface area contributed by atoms with Crippen LogP contribution in [0.4, 0.5) is 0 Å². The largest absolute Gasteiger partial charge is 0.472 e. The van der Waals surface area contributed by atoms with Crippen LogP contribution in [-0.2, 0) is 65.4 Å². The molecule has 0 radical (unpaired) electrons. The zero-order valence-corrected chi connectivity index (χ0v) is 72.8. The van der Waals surface area contributed by atoms with Crippen LogP contribution in [0, 0.1) is 5.92 Å². The molecule has 2 unspecified atom stereocenters. The van der Waals surface area contributed by atoms with E-state index in [9.17, 15) is 43.2 Å². The predicted molar refractivity (Wildman–Crippen MR) is 446 cm³/mol. The van der Waals surface area contributed by atoms with E-state index < -0.39 is 97.5 Å². The summed E-state index contributed by atoms with van der Waals surface area (Å²) in [6.45, 7) is 7.40. The molecular weight excluding hydrogens is 1400 g/mol. The van der Waals surface area contributed by atoms with Gasteiger partial charge in [0, 0.05) is 25.7 Å². The number of aliphatic hydroxyl groups is 1. The van der Waals surface area contributed by atoms with Gasteiger partial charge in [-0.3, -0.25) is 37.3 Å². The van der Waals surface area contributed by atoms with Gasteiger partial charge in [0.1, 0.15) is 19.3 Å². The lowest BCUT2D eigenvalue weighted by atomic mass is 10.0. The summed E-state index contributed by atoms with van der Waals surface area (Å²) >= 11 is 0. The maximum Gasteiger partial charge on any atom is 0.472 e. The lowest BCUT2D eigenvalue weighted by Crippen LogP contribution is -2.30. The van der Waals surface area contributed by atoms with E-state index in [1.54, 1.807) is 0 Å². The Kier molecular flexibility index (Phi) is 80.2. The van der Waals surface area contributed by atoms with E-state index in [2.05, 4.69) is 34.6 Å². The first-order valence-electron chi connectivity index (χ1n) is 46.1. The molecule has 0 fully saturated rings. The minimum atomic E-state index is -4.97. The van der Waals surface area contributed by atoms with Crippen molar-refractivity contribution in [1.82, 2.24) is 0 Å². The maximum absolute atomic E-state index is 13.2. The van der Waals surface area contributed by atoms with E-state index in [0.717, 1.165) is 95.8 Å². The molecule has 0 rings (SSSR count). The average Bonchev–Trinajstić information content (AvgIpc) is 0.904. The van der Waals surface area contributed by atoms with Crippen LogP contribution in [0.1, 0.15) is 484 Å². The highest BCUT2D eigenvalue weighted by Gasteiger charge is 2.30. The van der Waals surface area contributed by atoms with Gasteiger partial charge < -0.3 is 33.8 Å². The number of carbonyl (C=O) groups is 4. The van der Waals surface area contributed by atoms with Crippen LogP contribution >= 0.6 is 15.6 Å². The molecule has 0 spiro atoms. The molecule has 0 amide bonds. The SMILES string of the molecule is CCCCCCCCCCCCCCCCCCCCCCC(=O)OC[C@H](COP(=O)(O)OC[C@@H](O)COP(=O)(O)OC[C@@H](COC(=O)CCCCCCCCCCCC)OC(=O)CCCCCCCCCCCCCCCCCC(C)C)OC(=O)CCCCCCCCCCCCCCCCCCCCCC. The fraction of sp³-hybridized carbons (Fsp3) is 0.955. The van der Waals surface area contributed by atoms with E-state index in [4.69, 9.17) is 37.0 Å².